The van der Waals surface area contributed by atoms with Crippen molar-refractivity contribution >= 4 is 147 Å². The fourth-order valence-corrected chi connectivity index (χ4v) is 15.4. The van der Waals surface area contributed by atoms with Crippen LogP contribution in [0.25, 0.3) is 5.57 Å². The Balaban J connectivity index is 0.000000284. The number of nitrogens with two attached hydrogens (primary N) is 5. The molecule has 5 aromatic heterocycles. The van der Waals surface area contributed by atoms with Crippen molar-refractivity contribution in [3.8, 4) is 0 Å². The van der Waals surface area contributed by atoms with Crippen LogP contribution in [0.15, 0.2) is 137 Å². The van der Waals surface area contributed by atoms with Crippen molar-refractivity contribution in [2.24, 2.45) is 0 Å². The van der Waals surface area contributed by atoms with Gasteiger partial charge in [-0.25, -0.2) is 57.3 Å². The molecule has 0 radical (unpaired) electrons. The number of carbonyl (C=O) groups excluding carboxylic acids is 6. The van der Waals surface area contributed by atoms with Gasteiger partial charge < -0.3 is 90.8 Å². The minimum absolute atomic E-state index is 0.0857. The molecule has 141 heavy (non-hydrogen) atoms. The van der Waals surface area contributed by atoms with Crippen molar-refractivity contribution in [1.82, 2.24) is 54.7 Å². The van der Waals surface area contributed by atoms with Gasteiger partial charge >= 0.3 is 76.5 Å². The molecule has 11 N–H and O–H groups in total. The Labute approximate surface area is 835 Å². The largest absolute Gasteiger partial charge is 0.534 e. The van der Waals surface area contributed by atoms with Gasteiger partial charge in [0.25, 0.3) is 9.84 Å². The topological polar surface area (TPSA) is 501 Å². The fourth-order valence-electron chi connectivity index (χ4n) is 13.0. The molecule has 4 atom stereocenters. The Bertz CT molecular complexity index is 5490. The number of aromatic nitrogens is 5. The molecule has 5 amide bonds. The number of ether oxygens (including phenoxy) is 5. The Hall–Kier alpha value is -10.7. The number of hydrogen-bond acceptors (Lipinski definition) is 31. The number of ketones is 1. The molecular weight excluding hydrogens is 2060 g/mol. The minimum Gasteiger partial charge on any atom is -0.444 e. The van der Waals surface area contributed by atoms with Crippen LogP contribution in [0.2, 0.25) is 0 Å². The highest BCUT2D eigenvalue weighted by Gasteiger charge is 2.61. The van der Waals surface area contributed by atoms with Crippen LogP contribution in [0.1, 0.15) is 208 Å². The standard InChI is InChI=1S/C14H20BrN3O2.C14H21N3O2.C14H19N3O2.C11H17BN2O2.C10H14F3NO5S.C9H12BrN3.C9H6F6O2S.C9H15NO3.O2S/c1-14(2,3)20-13(19)18-5-4-9(8-18)10-6-11(15)12(16)17-7-10;2*1-14(2,3)19-13(18)17-7-6-11(9-17)10-4-5-12(15)16-8-10;1-10(2)11(3,4)16-12(15-10)8-5-6-9(13)14-7-8;1-9(2,3)18-8(15)14-5-4-7(6-14)19-20(16,17)10(11,12)13;10-8-3-7(5-13-9(8)11)6-1-2-12-4-6;10-8(11,12)7(6-4-2-1-3-5-6)18(16,17)9(13,14)15;1-9(2,3)13-8(12)10-5-4-7(11)6-10;1-3-2/h6-7,9H,4-5,8H2,1-3H3,(H2,16,17);4-5,8,11H,6-7,9H2,1-3H3,(H2,15,16);4-6,8H,7,9H2,1-3H3,(H2,15,16);5-7H,1-4H3,(H2,13,14);4H,5-6H2,1-3H3;3,5-6,12H,1-2,4H2,(H2,11,13);1-5,7H;4-6H2,1-3H3;. The number of nitrogen functional groups attached to an aromatic ring is 5. The molecule has 4 unspecified atom stereocenters. The summed E-state index contributed by atoms with van der Waals surface area (Å²) >= 11 is 6.02. The van der Waals surface area contributed by atoms with E-state index in [1.54, 1.807) is 78.5 Å². The van der Waals surface area contributed by atoms with Gasteiger partial charge in [0.1, 0.15) is 62.9 Å². The van der Waals surface area contributed by atoms with E-state index in [0.717, 1.165) is 92.3 Å². The number of hydrogen-bond donors (Lipinski definition) is 6. The number of amides is 5. The molecule has 51 heteroatoms. The Morgan fingerprint density at radius 3 is 1.28 bits per heavy atom. The van der Waals surface area contributed by atoms with E-state index < -0.39 is 112 Å². The third-order valence-electron chi connectivity index (χ3n) is 20.6. The van der Waals surface area contributed by atoms with Gasteiger partial charge in [-0.15, -0.1) is 0 Å². The van der Waals surface area contributed by atoms with Gasteiger partial charge in [0.05, 0.1) is 33.2 Å². The first-order valence-corrected chi connectivity index (χ1v) is 49.0. The smallest absolute Gasteiger partial charge is 0.444 e. The summed E-state index contributed by atoms with van der Waals surface area (Å²) in [5.74, 6) is 3.40. The van der Waals surface area contributed by atoms with Crippen LogP contribution in [0.3, 0.4) is 0 Å². The normalized spacial score (nSPS) is 18.1. The highest BCUT2D eigenvalue weighted by molar-refractivity contribution is 9.11. The molecule has 36 nitrogen and oxygen atoms in total. The number of anilines is 5. The average molecular weight is 2190 g/mol. The monoisotopic (exact) mass is 2180 g/mol. The molecule has 13 rings (SSSR count). The van der Waals surface area contributed by atoms with E-state index in [2.05, 4.69) is 72.3 Å². The first-order chi connectivity index (χ1) is 64.6. The number of benzene rings is 1. The quantitative estimate of drug-likeness (QED) is 0.0257. The maximum atomic E-state index is 12.6. The number of sulfone groups is 1. The molecule has 782 valence electrons. The first-order valence-electron chi connectivity index (χ1n) is 43.8. The molecule has 7 aliphatic heterocycles. The lowest BCUT2D eigenvalue weighted by molar-refractivity contribution is -0.136. The number of nitrogens with one attached hydrogen (secondary N) is 1. The zero-order valence-corrected chi connectivity index (χ0v) is 87.3. The summed E-state index contributed by atoms with van der Waals surface area (Å²) in [7, 11) is -12.4. The van der Waals surface area contributed by atoms with E-state index in [-0.39, 0.29) is 61.4 Å². The molecule has 0 spiro atoms. The molecule has 5 saturated heterocycles. The third kappa shape index (κ3) is 40.2. The lowest BCUT2D eigenvalue weighted by atomic mass is 9.80. The maximum absolute atomic E-state index is 12.6. The second-order valence-corrected chi connectivity index (χ2v) is 44.0. The van der Waals surface area contributed by atoms with Crippen molar-refractivity contribution in [2.75, 3.05) is 107 Å². The number of rotatable bonds is 9. The number of pyridine rings is 5. The fraction of sp³-hybridized carbons (Fsp3) is 0.544. The molecule has 7 aliphatic rings. The third-order valence-corrected chi connectivity index (χ3v) is 24.6. The van der Waals surface area contributed by atoms with Crippen molar-refractivity contribution in [1.29, 1.82) is 0 Å². The number of halogens is 11. The predicted octanol–water partition coefficient (Wildman–Crippen LogP) is 16.0. The Morgan fingerprint density at radius 1 is 0.496 bits per heavy atom. The summed E-state index contributed by atoms with van der Waals surface area (Å²) in [4.78, 5) is 97.8. The van der Waals surface area contributed by atoms with E-state index >= 15 is 0 Å². The first kappa shape index (κ1) is 121. The summed E-state index contributed by atoms with van der Waals surface area (Å²) in [6.07, 6.45) is 7.97. The molecule has 5 fully saturated rings. The molecule has 1 aromatic carbocycles. The zero-order valence-electron chi connectivity index (χ0n) is 81.7. The summed E-state index contributed by atoms with van der Waals surface area (Å²) in [6.45, 7) is 41.5. The summed E-state index contributed by atoms with van der Waals surface area (Å²) in [6, 6.07) is 19.8. The number of carbonyl (C=O) groups is 6. The maximum Gasteiger partial charge on any atom is 0.534 e. The van der Waals surface area contributed by atoms with Crippen LogP contribution >= 0.6 is 31.9 Å². The second kappa shape index (κ2) is 50.5. The SMILES string of the molecule is CC(C)(C)OC(=O)N1CC=C(OS(=O)(=O)C(F)(F)F)C1.CC(C)(C)OC(=O)N1CC=C(c2ccc(N)nc2)C1.CC(C)(C)OC(=O)N1CCC(=O)C1.CC(C)(C)OC(=O)N1CCC(c2ccc(N)nc2)C1.CC(C)(C)OC(=O)N1CCC(c2cnc(N)c(Br)c2)C1.CC1(C)OB(c2ccc(N)nc2)OC1(C)C.Nc1ncc(C2CCNC2)cc1Br.O=S(=O)(C(c1ccccc1)C(F)(F)F)C(F)(F)F.O=S=O. The van der Waals surface area contributed by atoms with Gasteiger partial charge in [-0.05, 0) is 271 Å². The minimum atomic E-state index is -6.37. The van der Waals surface area contributed by atoms with Gasteiger partial charge in [-0.2, -0.15) is 56.3 Å². The van der Waals surface area contributed by atoms with Crippen molar-refractivity contribution in [3.05, 3.63) is 165 Å². The van der Waals surface area contributed by atoms with E-state index in [1.807, 2.05) is 147 Å². The zero-order chi connectivity index (χ0) is 107. The Kier molecular flexibility index (Phi) is 43.2. The van der Waals surface area contributed by atoms with Crippen LogP contribution in [0.4, 0.5) is 92.6 Å². The highest BCUT2D eigenvalue weighted by atomic mass is 79.9. The number of nitrogens with zero attached hydrogens (tertiary/aromatic N) is 10. The van der Waals surface area contributed by atoms with Crippen LogP contribution in [0, 0.1) is 0 Å². The number of Topliss-reactive ketones (excluding diaryl/α,β-unsaturated/α-hetero) is 1. The lowest BCUT2D eigenvalue weighted by Crippen LogP contribution is -2.41. The molecule has 0 saturated carbocycles. The Morgan fingerprint density at radius 2 is 0.901 bits per heavy atom. The lowest BCUT2D eigenvalue weighted by Gasteiger charge is -2.32. The van der Waals surface area contributed by atoms with Crippen molar-refractivity contribution < 1.29 is 131 Å². The number of likely N-dealkylation sites (tertiary alicyclic amines) is 3. The predicted molar refractivity (Wildman–Crippen MR) is 519 cm³/mol. The molecular formula is C90H124BBr2F9N16O20S3. The van der Waals surface area contributed by atoms with E-state index in [4.69, 9.17) is 70.1 Å². The molecule has 12 heterocycles. The van der Waals surface area contributed by atoms with Gasteiger partial charge in [0, 0.05) is 114 Å². The molecule has 0 aliphatic carbocycles. The van der Waals surface area contributed by atoms with Crippen LogP contribution < -0.4 is 39.4 Å². The second-order valence-electron chi connectivity index (χ2n) is 38.6. The van der Waals surface area contributed by atoms with Gasteiger partial charge in [-0.3, -0.25) is 9.69 Å². The molecule has 0 bridgehead atoms. The molecule has 6 aromatic rings. The van der Waals surface area contributed by atoms with Crippen LogP contribution in [-0.4, -0.2) is 253 Å². The van der Waals surface area contributed by atoms with Crippen molar-refractivity contribution in [3.63, 3.8) is 0 Å². The summed E-state index contributed by atoms with van der Waals surface area (Å²) in [5.41, 5.74) is 18.7. The van der Waals surface area contributed by atoms with Gasteiger partial charge in [0.15, 0.2) is 11.0 Å². The summed E-state index contributed by atoms with van der Waals surface area (Å²) in [5, 5.41) is -0.275. The van der Waals surface area contributed by atoms with E-state index in [9.17, 15) is 85.1 Å². The average Bonchev–Trinajstić information content (AvgIpc) is 1.56. The van der Waals surface area contributed by atoms with Crippen LogP contribution in [-0.2, 0) is 73.5 Å². The van der Waals surface area contributed by atoms with Gasteiger partial charge in [0.2, 0.25) is 0 Å². The summed E-state index contributed by atoms with van der Waals surface area (Å²) < 4.78 is 214. The van der Waals surface area contributed by atoms with E-state index in [0.29, 0.717) is 98.7 Å². The number of alkyl halides is 9. The van der Waals surface area contributed by atoms with Crippen LogP contribution in [0.5, 0.6) is 0 Å². The highest BCUT2D eigenvalue weighted by Crippen LogP contribution is 2.46. The van der Waals surface area contributed by atoms with Gasteiger partial charge in [-0.1, -0.05) is 48.5 Å². The van der Waals surface area contributed by atoms with Crippen molar-refractivity contribution in [2.45, 2.75) is 237 Å². The van der Waals surface area contributed by atoms with E-state index in [1.165, 1.54) is 23.0 Å².